The third-order valence-corrected chi connectivity index (χ3v) is 14.1. The van der Waals surface area contributed by atoms with Gasteiger partial charge in [0.25, 0.3) is 0 Å². The second-order valence-electron chi connectivity index (χ2n) is 9.41. The van der Waals surface area contributed by atoms with E-state index in [0.717, 1.165) is 22.1 Å². The minimum atomic E-state index is -1.53. The average Bonchev–Trinajstić information content (AvgIpc) is 3.72. The molecule has 9 heteroatoms. The molecule has 0 saturated carbocycles. The molecule has 8 rings (SSSR count). The Balaban J connectivity index is 0.00000138. The zero-order chi connectivity index (χ0) is 24.3. The second kappa shape index (κ2) is 10.3. The first kappa shape index (κ1) is 25.9. The van der Waals surface area contributed by atoms with E-state index in [4.69, 9.17) is 0 Å². The van der Waals surface area contributed by atoms with Gasteiger partial charge in [0, 0.05) is 0 Å². The van der Waals surface area contributed by atoms with E-state index in [-0.39, 0.29) is 24.8 Å². The summed E-state index contributed by atoms with van der Waals surface area (Å²) in [4.78, 5) is 0. The molecule has 2 unspecified atom stereocenters. The summed E-state index contributed by atoms with van der Waals surface area (Å²) in [6.07, 6.45) is 4.65. The topological polar surface area (TPSA) is 61.4 Å². The number of aromatic nitrogens is 6. The Morgan fingerprint density at radius 3 is 1.41 bits per heavy atom. The SMILES string of the molecule is C1=C(n2nnc3ccccc32)[CH]([Hf+2][CH]2C(n3nnc4ccccc43)=Cc3ccccc32)c2ccccc21.[Cl-].[Cl-]. The summed E-state index contributed by atoms with van der Waals surface area (Å²) in [7, 11) is 0. The molecule has 2 atom stereocenters. The Morgan fingerprint density at radius 1 is 0.513 bits per heavy atom. The summed E-state index contributed by atoms with van der Waals surface area (Å²) in [5.74, 6) is 0. The van der Waals surface area contributed by atoms with E-state index in [1.54, 1.807) is 0 Å². The fourth-order valence-corrected chi connectivity index (χ4v) is 12.7. The van der Waals surface area contributed by atoms with Crippen LogP contribution in [0.2, 0.25) is 0 Å². The second-order valence-corrected chi connectivity index (χ2v) is 14.8. The van der Waals surface area contributed by atoms with Crippen molar-refractivity contribution in [2.45, 2.75) is 7.35 Å². The molecule has 2 aliphatic carbocycles. The van der Waals surface area contributed by atoms with Crippen LogP contribution in [-0.2, 0) is 22.9 Å². The van der Waals surface area contributed by atoms with Crippen molar-refractivity contribution in [3.63, 3.8) is 0 Å². The predicted molar refractivity (Wildman–Crippen MR) is 142 cm³/mol. The molecular weight excluding hydrogens is 694 g/mol. The summed E-state index contributed by atoms with van der Waals surface area (Å²) in [6.45, 7) is 0. The summed E-state index contributed by atoms with van der Waals surface area (Å²) < 4.78 is 4.83. The summed E-state index contributed by atoms with van der Waals surface area (Å²) in [5.41, 5.74) is 11.8. The van der Waals surface area contributed by atoms with Gasteiger partial charge in [0.1, 0.15) is 0 Å². The Morgan fingerprint density at radius 2 is 0.923 bits per heavy atom. The fraction of sp³-hybridized carbons (Fsp3) is 0.0667. The monoisotopic (exact) mass is 714 g/mol. The minimum Gasteiger partial charge on any atom is -1.00 e. The maximum atomic E-state index is 4.63. The molecule has 6 nitrogen and oxygen atoms in total. The third-order valence-electron chi connectivity index (χ3n) is 7.34. The van der Waals surface area contributed by atoms with Gasteiger partial charge < -0.3 is 24.8 Å². The van der Waals surface area contributed by atoms with E-state index in [9.17, 15) is 0 Å². The van der Waals surface area contributed by atoms with Crippen LogP contribution in [0, 0.1) is 0 Å². The van der Waals surface area contributed by atoms with Crippen LogP contribution in [0.1, 0.15) is 29.6 Å². The summed E-state index contributed by atoms with van der Waals surface area (Å²) in [5, 5.41) is 18.2. The summed E-state index contributed by atoms with van der Waals surface area (Å²) >= 11 is -1.53. The van der Waals surface area contributed by atoms with Gasteiger partial charge in [0.15, 0.2) is 0 Å². The van der Waals surface area contributed by atoms with E-state index < -0.39 is 22.9 Å². The van der Waals surface area contributed by atoms with Crippen molar-refractivity contribution in [1.82, 2.24) is 30.0 Å². The van der Waals surface area contributed by atoms with Crippen LogP contribution in [0.4, 0.5) is 0 Å². The maximum absolute atomic E-state index is 4.63. The molecule has 0 spiro atoms. The standard InChI is InChI=1S/2C15H10N3.2ClH.Hf/c2*1-2-6-12-10-13(9-11(12)5-1)18-15-8-4-3-7-14(15)16-17-18;;;/h2*1-10H;2*1H;/q;;;;+2/p-2. The Labute approximate surface area is 248 Å². The van der Waals surface area contributed by atoms with E-state index in [0.29, 0.717) is 7.35 Å². The first-order valence-corrected chi connectivity index (χ1v) is 16.5. The number of hydrogen-bond acceptors (Lipinski definition) is 4. The maximum Gasteiger partial charge on any atom is -1.00 e. The van der Waals surface area contributed by atoms with Gasteiger partial charge in [0.2, 0.25) is 0 Å². The number of hydrogen-bond donors (Lipinski definition) is 0. The molecule has 0 saturated heterocycles. The van der Waals surface area contributed by atoms with E-state index in [1.165, 1.54) is 33.6 Å². The number of benzene rings is 4. The minimum absolute atomic E-state index is 0. The quantitative estimate of drug-likeness (QED) is 0.243. The van der Waals surface area contributed by atoms with Gasteiger partial charge in [-0.2, -0.15) is 0 Å². The van der Waals surface area contributed by atoms with Gasteiger partial charge in [-0.05, 0) is 0 Å². The zero-order valence-corrected chi connectivity index (χ0v) is 25.6. The van der Waals surface area contributed by atoms with Crippen LogP contribution in [-0.4, -0.2) is 30.0 Å². The van der Waals surface area contributed by atoms with Gasteiger partial charge >= 0.3 is 225 Å². The van der Waals surface area contributed by atoms with Crippen molar-refractivity contribution in [1.29, 1.82) is 0 Å². The number of fused-ring (bicyclic) bond motifs is 4. The fourth-order valence-electron chi connectivity index (χ4n) is 5.62. The van der Waals surface area contributed by atoms with Crippen LogP contribution in [0.5, 0.6) is 0 Å². The number of para-hydroxylation sites is 2. The van der Waals surface area contributed by atoms with Crippen LogP contribution < -0.4 is 24.8 Å². The van der Waals surface area contributed by atoms with Crippen molar-refractivity contribution in [3.05, 3.63) is 119 Å². The van der Waals surface area contributed by atoms with Crippen molar-refractivity contribution in [2.24, 2.45) is 0 Å². The number of allylic oxidation sites excluding steroid dienone is 2. The van der Waals surface area contributed by atoms with E-state index in [2.05, 4.69) is 115 Å². The van der Waals surface area contributed by atoms with Crippen molar-refractivity contribution < 1.29 is 47.7 Å². The van der Waals surface area contributed by atoms with Gasteiger partial charge in [0.05, 0.1) is 0 Å². The van der Waals surface area contributed by atoms with Crippen LogP contribution in [0.25, 0.3) is 45.6 Å². The normalized spacial score (nSPS) is 17.0. The molecule has 0 radical (unpaired) electrons. The first-order chi connectivity index (χ1) is 18.3. The van der Waals surface area contributed by atoms with Crippen LogP contribution in [0.3, 0.4) is 0 Å². The molecule has 39 heavy (non-hydrogen) atoms. The first-order valence-electron chi connectivity index (χ1n) is 12.3. The molecule has 4 aromatic carbocycles. The Bertz CT molecular complexity index is 1770. The molecule has 2 aliphatic rings. The van der Waals surface area contributed by atoms with Gasteiger partial charge in [-0.3, -0.25) is 0 Å². The number of rotatable bonds is 4. The van der Waals surface area contributed by atoms with Gasteiger partial charge in [-0.1, -0.05) is 0 Å². The molecule has 0 amide bonds. The van der Waals surface area contributed by atoms with Crippen LogP contribution >= 0.6 is 0 Å². The average molecular weight is 714 g/mol. The predicted octanol–water partition coefficient (Wildman–Crippen LogP) is 0.0723. The zero-order valence-electron chi connectivity index (χ0n) is 20.5. The van der Waals surface area contributed by atoms with Crippen molar-refractivity contribution >= 4 is 45.6 Å². The van der Waals surface area contributed by atoms with Gasteiger partial charge in [-0.15, -0.1) is 0 Å². The molecular formula is C30H20Cl2HfN6. The molecule has 6 aromatic rings. The largest absolute Gasteiger partial charge is 1.00 e. The third kappa shape index (κ3) is 4.11. The molecule has 0 bridgehead atoms. The van der Waals surface area contributed by atoms with Gasteiger partial charge in [-0.25, -0.2) is 0 Å². The molecule has 2 heterocycles. The smallest absolute Gasteiger partial charge is 1.00 e. The Hall–Kier alpha value is -3.39. The summed E-state index contributed by atoms with van der Waals surface area (Å²) in [6, 6.07) is 34.1. The van der Waals surface area contributed by atoms with Crippen molar-refractivity contribution in [3.8, 4) is 0 Å². The molecule has 0 aliphatic heterocycles. The van der Waals surface area contributed by atoms with Crippen molar-refractivity contribution in [2.75, 3.05) is 0 Å². The molecule has 0 fully saturated rings. The van der Waals surface area contributed by atoms with Crippen LogP contribution in [0.15, 0.2) is 97.1 Å². The molecule has 2 aromatic heterocycles. The Kier molecular flexibility index (Phi) is 6.83. The molecule has 0 N–H and O–H groups in total. The number of nitrogens with zero attached hydrogens (tertiary/aromatic N) is 6. The molecule has 188 valence electrons. The van der Waals surface area contributed by atoms with E-state index in [1.807, 2.05) is 24.3 Å². The van der Waals surface area contributed by atoms with E-state index >= 15 is 0 Å². The number of halogens is 2.